The Morgan fingerprint density at radius 2 is 1.25 bits per heavy atom. The van der Waals surface area contributed by atoms with Gasteiger partial charge in [0.05, 0.1) is 34.1 Å². The van der Waals surface area contributed by atoms with Crippen LogP contribution in [0.2, 0.25) is 0 Å². The number of nitrogens with zero attached hydrogens (tertiary/aromatic N) is 3. The van der Waals surface area contributed by atoms with Crippen LogP contribution < -0.4 is 4.18 Å². The molecule has 12 heteroatoms. The van der Waals surface area contributed by atoms with Crippen molar-refractivity contribution in [1.82, 2.24) is 9.31 Å². The van der Waals surface area contributed by atoms with Crippen LogP contribution in [0.15, 0.2) is 130 Å². The van der Waals surface area contributed by atoms with Gasteiger partial charge in [-0.1, -0.05) is 83.9 Å². The Labute approximate surface area is 279 Å². The molecular formula is C36H31N3O7S2. The first-order chi connectivity index (χ1) is 22.9. The fourth-order valence-electron chi connectivity index (χ4n) is 6.70. The van der Waals surface area contributed by atoms with E-state index in [9.17, 15) is 26.4 Å². The standard InChI is InChI=1S/C36H31N3O7S2/c1-22-13-17-25(18-14-22)47(42,43)39-29-21-28(24-9-5-4-6-10-24)31-33(36(41)38(3)35(31)40)32(29)34(37-39)27-11-7-8-12-30(27)46-48(44,45)26-19-15-23(2)16-20-26/h4-21,28,31-33H,1-3H3/t28-,31-,32-,33-/m1/s1. The van der Waals surface area contributed by atoms with Gasteiger partial charge in [-0.3, -0.25) is 14.5 Å². The zero-order valence-corrected chi connectivity index (χ0v) is 27.9. The molecule has 3 aliphatic rings. The number of hydrogen-bond donors (Lipinski definition) is 0. The van der Waals surface area contributed by atoms with E-state index in [2.05, 4.69) is 5.10 Å². The van der Waals surface area contributed by atoms with E-state index < -0.39 is 49.7 Å². The first-order valence-electron chi connectivity index (χ1n) is 15.3. The number of rotatable bonds is 7. The SMILES string of the molecule is Cc1ccc(S(=O)(=O)Oc2ccccc2C2=NN(S(=O)(=O)c3ccc(C)cc3)C3=C[C@H](c4ccccc4)[C@H]4C(=O)N(C)C(=O)[C@H]4[C@@H]32)cc1. The van der Waals surface area contributed by atoms with Gasteiger partial charge in [-0.2, -0.15) is 26.4 Å². The summed E-state index contributed by atoms with van der Waals surface area (Å²) in [5.74, 6) is -4.49. The van der Waals surface area contributed by atoms with E-state index in [-0.39, 0.29) is 38.4 Å². The Morgan fingerprint density at radius 1 is 0.688 bits per heavy atom. The van der Waals surface area contributed by atoms with E-state index in [4.69, 9.17) is 4.18 Å². The van der Waals surface area contributed by atoms with Gasteiger partial charge < -0.3 is 4.18 Å². The molecule has 7 rings (SSSR count). The lowest BCUT2D eigenvalue weighted by Crippen LogP contribution is -2.40. The first-order valence-corrected chi connectivity index (χ1v) is 18.1. The summed E-state index contributed by atoms with van der Waals surface area (Å²) in [7, 11) is -7.23. The van der Waals surface area contributed by atoms with Gasteiger partial charge in [-0.15, -0.1) is 0 Å². The van der Waals surface area contributed by atoms with Crippen LogP contribution in [0.3, 0.4) is 0 Å². The average molecular weight is 682 g/mol. The minimum atomic E-state index is -4.33. The van der Waals surface area contributed by atoms with Crippen LogP contribution in [-0.4, -0.2) is 50.7 Å². The van der Waals surface area contributed by atoms with Crippen molar-refractivity contribution < 1.29 is 30.6 Å². The van der Waals surface area contributed by atoms with E-state index in [1.807, 2.05) is 44.2 Å². The van der Waals surface area contributed by atoms with E-state index >= 15 is 0 Å². The second-order valence-electron chi connectivity index (χ2n) is 12.2. The fourth-order valence-corrected chi connectivity index (χ4v) is 8.98. The maximum absolute atomic E-state index is 14.3. The maximum atomic E-state index is 14.3. The molecule has 2 heterocycles. The molecule has 0 N–H and O–H groups in total. The van der Waals surface area contributed by atoms with Gasteiger partial charge in [0.1, 0.15) is 4.90 Å². The van der Waals surface area contributed by atoms with Gasteiger partial charge in [0.2, 0.25) is 11.8 Å². The quantitative estimate of drug-likeness (QED) is 0.198. The number of likely N-dealkylation sites (tertiary alicyclic amines) is 1. The molecule has 1 fully saturated rings. The number of para-hydroxylation sites is 1. The Morgan fingerprint density at radius 3 is 1.90 bits per heavy atom. The number of aryl methyl sites for hydroxylation is 2. The van der Waals surface area contributed by atoms with Crippen molar-refractivity contribution in [3.05, 3.63) is 137 Å². The molecule has 4 atom stereocenters. The molecular weight excluding hydrogens is 651 g/mol. The second kappa shape index (κ2) is 11.6. The number of allylic oxidation sites excluding steroid dienone is 2. The van der Waals surface area contributed by atoms with E-state index in [0.717, 1.165) is 26.0 Å². The highest BCUT2D eigenvalue weighted by molar-refractivity contribution is 7.89. The maximum Gasteiger partial charge on any atom is 0.339 e. The van der Waals surface area contributed by atoms with E-state index in [0.29, 0.717) is 0 Å². The van der Waals surface area contributed by atoms with Crippen LogP contribution in [0.4, 0.5) is 0 Å². The van der Waals surface area contributed by atoms with Crippen molar-refractivity contribution in [2.75, 3.05) is 7.05 Å². The van der Waals surface area contributed by atoms with Crippen LogP contribution in [0.25, 0.3) is 0 Å². The van der Waals surface area contributed by atoms with Crippen molar-refractivity contribution in [2.24, 2.45) is 22.9 Å². The number of imide groups is 1. The zero-order chi connectivity index (χ0) is 34.0. The first kappa shape index (κ1) is 31.5. The highest BCUT2D eigenvalue weighted by Crippen LogP contribution is 2.53. The van der Waals surface area contributed by atoms with Crippen LogP contribution >= 0.6 is 0 Å². The fraction of sp³-hybridized carbons (Fsp3) is 0.194. The lowest BCUT2D eigenvalue weighted by atomic mass is 9.66. The number of sulfonamides is 1. The summed E-state index contributed by atoms with van der Waals surface area (Å²) in [4.78, 5) is 28.7. The number of hydrogen-bond acceptors (Lipinski definition) is 8. The Hall–Kier alpha value is -5.07. The van der Waals surface area contributed by atoms with Gasteiger partial charge in [0, 0.05) is 18.5 Å². The van der Waals surface area contributed by atoms with E-state index in [1.54, 1.807) is 48.5 Å². The van der Waals surface area contributed by atoms with Crippen LogP contribution in [-0.2, 0) is 29.7 Å². The summed E-state index contributed by atoms with van der Waals surface area (Å²) in [5, 5.41) is 4.66. The van der Waals surface area contributed by atoms with Crippen molar-refractivity contribution in [2.45, 2.75) is 29.6 Å². The predicted octanol–water partition coefficient (Wildman–Crippen LogP) is 5.01. The number of fused-ring (bicyclic) bond motifs is 3. The number of carbonyl (C=O) groups excluding carboxylic acids is 2. The normalized spacial score (nSPS) is 22.2. The van der Waals surface area contributed by atoms with Gasteiger partial charge in [0.25, 0.3) is 10.0 Å². The Balaban J connectivity index is 1.43. The second-order valence-corrected chi connectivity index (χ2v) is 15.5. The van der Waals surface area contributed by atoms with Crippen molar-refractivity contribution in [3.63, 3.8) is 0 Å². The minimum Gasteiger partial charge on any atom is -0.378 e. The average Bonchev–Trinajstić information content (AvgIpc) is 3.57. The summed E-state index contributed by atoms with van der Waals surface area (Å²) >= 11 is 0. The highest BCUT2D eigenvalue weighted by Gasteiger charge is 2.60. The lowest BCUT2D eigenvalue weighted by molar-refractivity contribution is -0.138. The summed E-state index contributed by atoms with van der Waals surface area (Å²) in [5.41, 5.74) is 2.95. The molecule has 2 amide bonds. The molecule has 2 aliphatic heterocycles. The smallest absolute Gasteiger partial charge is 0.339 e. The molecule has 0 aromatic heterocycles. The van der Waals surface area contributed by atoms with Crippen molar-refractivity contribution >= 4 is 37.7 Å². The molecule has 4 aromatic carbocycles. The monoisotopic (exact) mass is 681 g/mol. The largest absolute Gasteiger partial charge is 0.378 e. The van der Waals surface area contributed by atoms with Gasteiger partial charge >= 0.3 is 10.1 Å². The molecule has 244 valence electrons. The summed E-state index contributed by atoms with van der Waals surface area (Å²) in [6, 6.07) is 27.9. The zero-order valence-electron chi connectivity index (χ0n) is 26.2. The number of hydrazone groups is 1. The molecule has 0 unspecified atom stereocenters. The van der Waals surface area contributed by atoms with Crippen molar-refractivity contribution in [3.8, 4) is 5.75 Å². The van der Waals surface area contributed by atoms with Crippen molar-refractivity contribution in [1.29, 1.82) is 0 Å². The third-order valence-corrected chi connectivity index (χ3v) is 12.0. The Bertz CT molecular complexity index is 2230. The topological polar surface area (TPSA) is 130 Å². The molecule has 48 heavy (non-hydrogen) atoms. The van der Waals surface area contributed by atoms with Crippen LogP contribution in [0, 0.1) is 31.6 Å². The molecule has 0 spiro atoms. The third kappa shape index (κ3) is 5.12. The van der Waals surface area contributed by atoms with Gasteiger partial charge in [-0.05, 0) is 55.8 Å². The molecule has 4 aromatic rings. The molecule has 1 saturated heterocycles. The summed E-state index contributed by atoms with van der Waals surface area (Å²) in [6.07, 6.45) is 1.71. The molecule has 0 bridgehead atoms. The predicted molar refractivity (Wildman–Crippen MR) is 178 cm³/mol. The van der Waals surface area contributed by atoms with E-state index in [1.165, 1.54) is 37.4 Å². The molecule has 1 aliphatic carbocycles. The number of carbonyl (C=O) groups is 2. The van der Waals surface area contributed by atoms with Crippen LogP contribution in [0.5, 0.6) is 5.75 Å². The summed E-state index contributed by atoms with van der Waals surface area (Å²) < 4.78 is 62.1. The summed E-state index contributed by atoms with van der Waals surface area (Å²) in [6.45, 7) is 3.67. The molecule has 0 radical (unpaired) electrons. The van der Waals surface area contributed by atoms with Crippen LogP contribution in [0.1, 0.15) is 28.2 Å². The minimum absolute atomic E-state index is 0.0199. The van der Waals surface area contributed by atoms with Gasteiger partial charge in [0.15, 0.2) is 5.75 Å². The molecule has 0 saturated carbocycles. The Kier molecular flexibility index (Phi) is 7.60. The molecule has 10 nitrogen and oxygen atoms in total. The lowest BCUT2D eigenvalue weighted by Gasteiger charge is -2.35. The number of benzene rings is 4. The third-order valence-electron chi connectivity index (χ3n) is 9.15. The number of amides is 2. The highest BCUT2D eigenvalue weighted by atomic mass is 32.2. The van der Waals surface area contributed by atoms with Gasteiger partial charge in [-0.25, -0.2) is 0 Å².